The van der Waals surface area contributed by atoms with Crippen molar-refractivity contribution < 1.29 is 23.1 Å². The molecule has 22 heavy (non-hydrogen) atoms. The minimum absolute atomic E-state index is 0.104. The molecule has 1 aromatic carbocycles. The summed E-state index contributed by atoms with van der Waals surface area (Å²) in [5.74, 6) is -3.72. The van der Waals surface area contributed by atoms with E-state index in [2.05, 4.69) is 10.1 Å². The predicted octanol–water partition coefficient (Wildman–Crippen LogP) is 1.71. The van der Waals surface area contributed by atoms with Crippen LogP contribution in [0.15, 0.2) is 18.2 Å². The normalized spacial score (nSPS) is 12.9. The summed E-state index contributed by atoms with van der Waals surface area (Å²) in [7, 11) is 1.17. The maximum Gasteiger partial charge on any atom is 0.328 e. The van der Waals surface area contributed by atoms with Crippen LogP contribution in [0.2, 0.25) is 0 Å². The number of rotatable bonds is 6. The van der Waals surface area contributed by atoms with Gasteiger partial charge in [0.15, 0.2) is 11.6 Å². The first-order valence-corrected chi connectivity index (χ1v) is 6.58. The minimum Gasteiger partial charge on any atom is -0.467 e. The molecule has 0 heterocycles. The third-order valence-corrected chi connectivity index (χ3v) is 2.98. The fourth-order valence-corrected chi connectivity index (χ4v) is 1.84. The Morgan fingerprint density at radius 1 is 1.36 bits per heavy atom. The van der Waals surface area contributed by atoms with Crippen LogP contribution in [0.4, 0.5) is 8.78 Å². The number of ether oxygens (including phenoxy) is 1. The highest BCUT2D eigenvalue weighted by atomic mass is 19.2. The topological polar surface area (TPSA) is 79.2 Å². The number of hydrogen-bond donors (Lipinski definition) is 1. The van der Waals surface area contributed by atoms with Crippen LogP contribution >= 0.6 is 0 Å². The van der Waals surface area contributed by atoms with Crippen LogP contribution in [0, 0.1) is 28.9 Å². The van der Waals surface area contributed by atoms with E-state index in [9.17, 15) is 18.4 Å². The van der Waals surface area contributed by atoms with E-state index in [-0.39, 0.29) is 18.4 Å². The van der Waals surface area contributed by atoms with E-state index in [1.54, 1.807) is 6.92 Å². The first-order chi connectivity index (χ1) is 10.4. The van der Waals surface area contributed by atoms with Crippen molar-refractivity contribution in [2.75, 3.05) is 7.11 Å². The van der Waals surface area contributed by atoms with Crippen LogP contribution in [0.3, 0.4) is 0 Å². The van der Waals surface area contributed by atoms with Gasteiger partial charge in [0.2, 0.25) is 5.91 Å². The minimum atomic E-state index is -1.05. The van der Waals surface area contributed by atoms with Gasteiger partial charge in [0.1, 0.15) is 6.04 Å². The van der Waals surface area contributed by atoms with Crippen molar-refractivity contribution >= 4 is 11.9 Å². The summed E-state index contributed by atoms with van der Waals surface area (Å²) in [5, 5.41) is 11.2. The molecule has 0 aliphatic carbocycles. The average Bonchev–Trinajstić information content (AvgIpc) is 2.49. The van der Waals surface area contributed by atoms with Crippen LogP contribution in [0.1, 0.15) is 18.9 Å². The first kappa shape index (κ1) is 17.6. The standard InChI is InChI=1S/C15H16F2N2O3/c1-9(8-18)5-13(15(21)22-2)19-14(20)7-10-3-4-11(16)12(17)6-10/h3-4,6,9,13H,5,7H2,1-2H3,(H,19,20)/t9-,13+/m1/s1. The smallest absolute Gasteiger partial charge is 0.328 e. The molecule has 0 radical (unpaired) electrons. The maximum absolute atomic E-state index is 13.1. The van der Waals surface area contributed by atoms with Crippen molar-refractivity contribution in [1.82, 2.24) is 5.32 Å². The lowest BCUT2D eigenvalue weighted by Gasteiger charge is -2.17. The SMILES string of the molecule is COC(=O)[C@H](C[C@@H](C)C#N)NC(=O)Cc1ccc(F)c(F)c1. The number of nitriles is 1. The fourth-order valence-electron chi connectivity index (χ4n) is 1.84. The van der Waals surface area contributed by atoms with Crippen LogP contribution in [0.5, 0.6) is 0 Å². The van der Waals surface area contributed by atoms with E-state index in [1.807, 2.05) is 6.07 Å². The number of nitrogens with one attached hydrogen (secondary N) is 1. The van der Waals surface area contributed by atoms with Gasteiger partial charge in [-0.1, -0.05) is 6.07 Å². The van der Waals surface area contributed by atoms with E-state index in [1.165, 1.54) is 13.2 Å². The summed E-state index contributed by atoms with van der Waals surface area (Å²) in [4.78, 5) is 23.5. The zero-order chi connectivity index (χ0) is 16.7. The van der Waals surface area contributed by atoms with Crippen molar-refractivity contribution in [2.45, 2.75) is 25.8 Å². The molecule has 0 aromatic heterocycles. The van der Waals surface area contributed by atoms with Gasteiger partial charge in [0, 0.05) is 5.92 Å². The Bertz CT molecular complexity index is 599. The molecule has 1 rings (SSSR count). The molecule has 0 aliphatic rings. The number of benzene rings is 1. The van der Waals surface area contributed by atoms with Gasteiger partial charge >= 0.3 is 5.97 Å². The average molecular weight is 310 g/mol. The van der Waals surface area contributed by atoms with Crippen molar-refractivity contribution in [1.29, 1.82) is 5.26 Å². The Hall–Kier alpha value is -2.49. The second kappa shape index (κ2) is 8.08. The summed E-state index contributed by atoms with van der Waals surface area (Å²) in [5.41, 5.74) is 0.272. The molecule has 5 nitrogen and oxygen atoms in total. The highest BCUT2D eigenvalue weighted by molar-refractivity contribution is 5.85. The van der Waals surface area contributed by atoms with Gasteiger partial charge in [0.25, 0.3) is 0 Å². The van der Waals surface area contributed by atoms with Crippen LogP contribution in [0.25, 0.3) is 0 Å². The molecule has 1 N–H and O–H groups in total. The number of carbonyl (C=O) groups is 2. The molecule has 0 spiro atoms. The Kier molecular flexibility index (Phi) is 6.45. The lowest BCUT2D eigenvalue weighted by molar-refractivity contribution is -0.145. The summed E-state index contributed by atoms with van der Waals surface area (Å²) in [6.45, 7) is 1.61. The lowest BCUT2D eigenvalue weighted by atomic mass is 10.0. The molecule has 0 bridgehead atoms. The molecule has 118 valence electrons. The van der Waals surface area contributed by atoms with Gasteiger partial charge in [-0.25, -0.2) is 13.6 Å². The van der Waals surface area contributed by atoms with Gasteiger partial charge in [-0.05, 0) is 31.0 Å². The predicted molar refractivity (Wildman–Crippen MR) is 73.4 cm³/mol. The fraction of sp³-hybridized carbons (Fsp3) is 0.400. The van der Waals surface area contributed by atoms with E-state index < -0.39 is 35.5 Å². The van der Waals surface area contributed by atoms with E-state index >= 15 is 0 Å². The second-order valence-corrected chi connectivity index (χ2v) is 4.83. The van der Waals surface area contributed by atoms with Crippen molar-refractivity contribution in [3.05, 3.63) is 35.4 Å². The van der Waals surface area contributed by atoms with Crippen LogP contribution in [-0.2, 0) is 20.7 Å². The van der Waals surface area contributed by atoms with Gasteiger partial charge in [-0.2, -0.15) is 5.26 Å². The van der Waals surface area contributed by atoms with Crippen molar-refractivity contribution in [2.24, 2.45) is 5.92 Å². The molecule has 1 amide bonds. The lowest BCUT2D eigenvalue weighted by Crippen LogP contribution is -2.43. The Labute approximate surface area is 126 Å². The Morgan fingerprint density at radius 2 is 2.05 bits per heavy atom. The summed E-state index contributed by atoms with van der Waals surface area (Å²) in [6.07, 6.45) is -0.113. The van der Waals surface area contributed by atoms with E-state index in [4.69, 9.17) is 5.26 Å². The number of amides is 1. The molecule has 1 aromatic rings. The monoisotopic (exact) mass is 310 g/mol. The first-order valence-electron chi connectivity index (χ1n) is 6.58. The molecule has 0 saturated carbocycles. The van der Waals surface area contributed by atoms with Crippen LogP contribution in [-0.4, -0.2) is 25.0 Å². The summed E-state index contributed by atoms with van der Waals surface area (Å²) < 4.78 is 30.5. The summed E-state index contributed by atoms with van der Waals surface area (Å²) >= 11 is 0. The van der Waals surface area contributed by atoms with Crippen molar-refractivity contribution in [3.63, 3.8) is 0 Å². The van der Waals surface area contributed by atoms with Gasteiger partial charge in [-0.15, -0.1) is 0 Å². The second-order valence-electron chi connectivity index (χ2n) is 4.83. The zero-order valence-electron chi connectivity index (χ0n) is 12.2. The number of carbonyl (C=O) groups excluding carboxylic acids is 2. The van der Waals surface area contributed by atoms with E-state index in [0.717, 1.165) is 12.1 Å². The molecule has 0 aliphatic heterocycles. The van der Waals surface area contributed by atoms with Crippen LogP contribution < -0.4 is 5.32 Å². The third kappa shape index (κ3) is 5.13. The summed E-state index contributed by atoms with van der Waals surface area (Å²) in [6, 6.07) is 4.12. The molecule has 0 unspecified atom stereocenters. The molecule has 7 heteroatoms. The number of halogens is 2. The van der Waals surface area contributed by atoms with Gasteiger partial charge in [0.05, 0.1) is 19.6 Å². The number of esters is 1. The van der Waals surface area contributed by atoms with E-state index in [0.29, 0.717) is 0 Å². The van der Waals surface area contributed by atoms with Gasteiger partial charge < -0.3 is 10.1 Å². The molecule has 2 atom stereocenters. The number of hydrogen-bond acceptors (Lipinski definition) is 4. The zero-order valence-corrected chi connectivity index (χ0v) is 12.2. The maximum atomic E-state index is 13.1. The Morgan fingerprint density at radius 3 is 2.59 bits per heavy atom. The molecular formula is C15H16F2N2O3. The quantitative estimate of drug-likeness (QED) is 0.811. The molecule has 0 saturated heterocycles. The highest BCUT2D eigenvalue weighted by Crippen LogP contribution is 2.10. The van der Waals surface area contributed by atoms with Gasteiger partial charge in [-0.3, -0.25) is 4.79 Å². The third-order valence-electron chi connectivity index (χ3n) is 2.98. The number of methoxy groups -OCH3 is 1. The van der Waals surface area contributed by atoms with Crippen molar-refractivity contribution in [3.8, 4) is 6.07 Å². The molecular weight excluding hydrogens is 294 g/mol. The number of nitrogens with zero attached hydrogens (tertiary/aromatic N) is 1. The highest BCUT2D eigenvalue weighted by Gasteiger charge is 2.24. The largest absolute Gasteiger partial charge is 0.467 e. The Balaban J connectivity index is 2.72. The molecule has 0 fully saturated rings.